The first-order valence-corrected chi connectivity index (χ1v) is 5.80. The van der Waals surface area contributed by atoms with Crippen molar-refractivity contribution in [3.05, 3.63) is 0 Å². The number of rotatable bonds is 3. The summed E-state index contributed by atoms with van der Waals surface area (Å²) < 4.78 is 0. The summed E-state index contributed by atoms with van der Waals surface area (Å²) in [4.78, 5) is 0. The van der Waals surface area contributed by atoms with Gasteiger partial charge in [0.1, 0.15) is 0 Å². The number of hydrogen-bond donors (Lipinski definition) is 2. The lowest BCUT2D eigenvalue weighted by atomic mass is 9.80. The molecule has 76 valence electrons. The van der Waals surface area contributed by atoms with Crippen LogP contribution < -0.4 is 10.6 Å². The van der Waals surface area contributed by atoms with Crippen LogP contribution in [0.2, 0.25) is 0 Å². The Morgan fingerprint density at radius 3 is 2.62 bits per heavy atom. The lowest BCUT2D eigenvalue weighted by molar-refractivity contribution is 0.229. The summed E-state index contributed by atoms with van der Waals surface area (Å²) in [7, 11) is 0. The van der Waals surface area contributed by atoms with Gasteiger partial charge in [-0.15, -0.1) is 0 Å². The van der Waals surface area contributed by atoms with Crippen LogP contribution in [0.15, 0.2) is 0 Å². The van der Waals surface area contributed by atoms with Crippen LogP contribution in [0.4, 0.5) is 0 Å². The fourth-order valence-corrected chi connectivity index (χ4v) is 2.45. The van der Waals surface area contributed by atoms with E-state index in [0.29, 0.717) is 0 Å². The highest BCUT2D eigenvalue weighted by Gasteiger charge is 2.23. The molecule has 1 saturated carbocycles. The molecule has 0 aromatic rings. The summed E-state index contributed by atoms with van der Waals surface area (Å²) in [5.41, 5.74) is 0. The predicted molar refractivity (Wildman–Crippen MR) is 55.8 cm³/mol. The molecule has 2 heteroatoms. The summed E-state index contributed by atoms with van der Waals surface area (Å²) in [6.07, 6.45) is 5.83. The van der Waals surface area contributed by atoms with E-state index in [4.69, 9.17) is 0 Å². The van der Waals surface area contributed by atoms with E-state index in [1.165, 1.54) is 45.3 Å². The van der Waals surface area contributed by atoms with Crippen molar-refractivity contribution in [2.75, 3.05) is 19.6 Å². The zero-order valence-corrected chi connectivity index (χ0v) is 8.68. The third kappa shape index (κ3) is 2.44. The third-order valence-corrected chi connectivity index (χ3v) is 3.74. The molecule has 0 aromatic heterocycles. The van der Waals surface area contributed by atoms with Crippen molar-refractivity contribution >= 4 is 0 Å². The second-order valence-electron chi connectivity index (χ2n) is 4.79. The van der Waals surface area contributed by atoms with Crippen molar-refractivity contribution < 1.29 is 0 Å². The molecule has 2 fully saturated rings. The highest BCUT2D eigenvalue weighted by molar-refractivity contribution is 4.83. The molecule has 1 aliphatic carbocycles. The Balaban J connectivity index is 1.66. The largest absolute Gasteiger partial charge is 0.314 e. The minimum absolute atomic E-state index is 0.772. The normalized spacial score (nSPS) is 35.8. The molecule has 0 bridgehead atoms. The Kier molecular flexibility index (Phi) is 3.23. The van der Waals surface area contributed by atoms with Gasteiger partial charge in [0.25, 0.3) is 0 Å². The minimum atomic E-state index is 0.772. The van der Waals surface area contributed by atoms with Crippen molar-refractivity contribution in [3.63, 3.8) is 0 Å². The van der Waals surface area contributed by atoms with E-state index in [9.17, 15) is 0 Å². The van der Waals surface area contributed by atoms with Crippen molar-refractivity contribution in [3.8, 4) is 0 Å². The SMILES string of the molecule is CC1CCCCC1CNC1CNC1. The topological polar surface area (TPSA) is 24.1 Å². The van der Waals surface area contributed by atoms with Gasteiger partial charge in [0.2, 0.25) is 0 Å². The molecule has 1 heterocycles. The zero-order valence-electron chi connectivity index (χ0n) is 8.68. The molecule has 2 rings (SSSR count). The Hall–Kier alpha value is -0.0800. The molecular formula is C11H22N2. The minimum Gasteiger partial charge on any atom is -0.314 e. The number of nitrogens with one attached hydrogen (secondary N) is 2. The van der Waals surface area contributed by atoms with E-state index >= 15 is 0 Å². The molecule has 2 unspecified atom stereocenters. The van der Waals surface area contributed by atoms with E-state index in [1.807, 2.05) is 0 Å². The van der Waals surface area contributed by atoms with Gasteiger partial charge < -0.3 is 10.6 Å². The summed E-state index contributed by atoms with van der Waals surface area (Å²) in [6.45, 7) is 6.04. The highest BCUT2D eigenvalue weighted by Crippen LogP contribution is 2.28. The van der Waals surface area contributed by atoms with Crippen molar-refractivity contribution in [1.82, 2.24) is 10.6 Å². The smallest absolute Gasteiger partial charge is 0.0317 e. The molecule has 2 atom stereocenters. The van der Waals surface area contributed by atoms with Gasteiger partial charge >= 0.3 is 0 Å². The van der Waals surface area contributed by atoms with Crippen LogP contribution in [-0.4, -0.2) is 25.7 Å². The van der Waals surface area contributed by atoms with Crippen LogP contribution in [0, 0.1) is 11.8 Å². The highest BCUT2D eigenvalue weighted by atomic mass is 15.1. The fraction of sp³-hybridized carbons (Fsp3) is 1.00. The fourth-order valence-electron chi connectivity index (χ4n) is 2.45. The molecule has 1 aliphatic heterocycles. The lowest BCUT2D eigenvalue weighted by Gasteiger charge is -2.33. The maximum Gasteiger partial charge on any atom is 0.0317 e. The molecule has 13 heavy (non-hydrogen) atoms. The lowest BCUT2D eigenvalue weighted by Crippen LogP contribution is -2.56. The van der Waals surface area contributed by atoms with Crippen molar-refractivity contribution in [1.29, 1.82) is 0 Å². The van der Waals surface area contributed by atoms with Gasteiger partial charge in [0.05, 0.1) is 0 Å². The first-order chi connectivity index (χ1) is 6.36. The standard InChI is InChI=1S/C11H22N2/c1-9-4-2-3-5-10(9)6-13-11-7-12-8-11/h9-13H,2-8H2,1H3. The monoisotopic (exact) mass is 182 g/mol. The van der Waals surface area contributed by atoms with Crippen LogP contribution >= 0.6 is 0 Å². The molecule has 0 aromatic carbocycles. The second-order valence-corrected chi connectivity index (χ2v) is 4.79. The maximum atomic E-state index is 3.66. The van der Waals surface area contributed by atoms with E-state index in [1.54, 1.807) is 0 Å². The Bertz CT molecular complexity index is 154. The van der Waals surface area contributed by atoms with Gasteiger partial charge in [-0.2, -0.15) is 0 Å². The van der Waals surface area contributed by atoms with Crippen LogP contribution in [0.1, 0.15) is 32.6 Å². The first-order valence-electron chi connectivity index (χ1n) is 5.80. The Morgan fingerprint density at radius 2 is 2.00 bits per heavy atom. The van der Waals surface area contributed by atoms with E-state index in [2.05, 4.69) is 17.6 Å². The van der Waals surface area contributed by atoms with E-state index < -0.39 is 0 Å². The van der Waals surface area contributed by atoms with Gasteiger partial charge in [-0.25, -0.2) is 0 Å². The first kappa shape index (κ1) is 9.47. The van der Waals surface area contributed by atoms with Crippen LogP contribution in [-0.2, 0) is 0 Å². The van der Waals surface area contributed by atoms with Crippen LogP contribution in [0.25, 0.3) is 0 Å². The average Bonchev–Trinajstić information content (AvgIpc) is 2.05. The zero-order chi connectivity index (χ0) is 9.10. The van der Waals surface area contributed by atoms with Crippen molar-refractivity contribution in [2.24, 2.45) is 11.8 Å². The van der Waals surface area contributed by atoms with E-state index in [-0.39, 0.29) is 0 Å². The molecular weight excluding hydrogens is 160 g/mol. The molecule has 2 N–H and O–H groups in total. The summed E-state index contributed by atoms with van der Waals surface area (Å²) in [6, 6.07) is 0.772. The van der Waals surface area contributed by atoms with Gasteiger partial charge in [-0.05, 0) is 24.8 Å². The summed E-state index contributed by atoms with van der Waals surface area (Å²) in [5, 5.41) is 6.95. The van der Waals surface area contributed by atoms with Crippen LogP contribution in [0.3, 0.4) is 0 Å². The van der Waals surface area contributed by atoms with Gasteiger partial charge in [0, 0.05) is 19.1 Å². The molecule has 0 amide bonds. The third-order valence-electron chi connectivity index (χ3n) is 3.74. The molecule has 2 nitrogen and oxygen atoms in total. The van der Waals surface area contributed by atoms with Crippen molar-refractivity contribution in [2.45, 2.75) is 38.6 Å². The molecule has 0 radical (unpaired) electrons. The van der Waals surface area contributed by atoms with Gasteiger partial charge in [-0.1, -0.05) is 26.2 Å². The quantitative estimate of drug-likeness (QED) is 0.689. The molecule has 0 spiro atoms. The predicted octanol–water partition coefficient (Wildman–Crippen LogP) is 1.37. The van der Waals surface area contributed by atoms with Crippen LogP contribution in [0.5, 0.6) is 0 Å². The Labute approximate surface area is 81.5 Å². The van der Waals surface area contributed by atoms with Gasteiger partial charge in [-0.3, -0.25) is 0 Å². The van der Waals surface area contributed by atoms with Gasteiger partial charge in [0.15, 0.2) is 0 Å². The summed E-state index contributed by atoms with van der Waals surface area (Å²) in [5.74, 6) is 1.91. The second kappa shape index (κ2) is 4.43. The Morgan fingerprint density at radius 1 is 1.23 bits per heavy atom. The molecule has 1 saturated heterocycles. The summed E-state index contributed by atoms with van der Waals surface area (Å²) >= 11 is 0. The number of hydrogen-bond acceptors (Lipinski definition) is 2. The average molecular weight is 182 g/mol. The van der Waals surface area contributed by atoms with E-state index in [0.717, 1.165) is 17.9 Å². The molecule has 2 aliphatic rings. The maximum absolute atomic E-state index is 3.66.